The fraction of sp³-hybridized carbons (Fsp3) is 0.667. The van der Waals surface area contributed by atoms with Gasteiger partial charge in [-0.05, 0) is 51.0 Å². The molecule has 0 radical (unpaired) electrons. The molecule has 116 valence electrons. The largest absolute Gasteiger partial charge is 0.385 e. The van der Waals surface area contributed by atoms with Crippen LogP contribution >= 0.6 is 0 Å². The average Bonchev–Trinajstić information content (AvgIpc) is 2.48. The van der Waals surface area contributed by atoms with Crippen molar-refractivity contribution in [3.63, 3.8) is 0 Å². The third kappa shape index (κ3) is 3.01. The van der Waals surface area contributed by atoms with Crippen LogP contribution in [0.4, 0.5) is 0 Å². The minimum atomic E-state index is -0.791. The van der Waals surface area contributed by atoms with Gasteiger partial charge in [0.1, 0.15) is 0 Å². The zero-order valence-electron chi connectivity index (χ0n) is 13.1. The van der Waals surface area contributed by atoms with Crippen LogP contribution < -0.4 is 0 Å². The molecule has 3 heteroatoms. The van der Waals surface area contributed by atoms with E-state index in [9.17, 15) is 5.11 Å². The maximum absolute atomic E-state index is 11.2. The highest BCUT2D eigenvalue weighted by Gasteiger charge is 2.45. The van der Waals surface area contributed by atoms with Gasteiger partial charge in [0, 0.05) is 19.8 Å². The Labute approximate surface area is 127 Å². The van der Waals surface area contributed by atoms with Crippen LogP contribution in [-0.4, -0.2) is 30.5 Å². The van der Waals surface area contributed by atoms with E-state index in [0.717, 1.165) is 51.1 Å². The fourth-order valence-electron chi connectivity index (χ4n) is 3.79. The van der Waals surface area contributed by atoms with E-state index in [1.54, 1.807) is 0 Å². The Hall–Kier alpha value is -0.900. The highest BCUT2D eigenvalue weighted by atomic mass is 16.5. The molecule has 2 atom stereocenters. The van der Waals surface area contributed by atoms with Gasteiger partial charge in [0.25, 0.3) is 0 Å². The summed E-state index contributed by atoms with van der Waals surface area (Å²) in [6.45, 7) is 6.33. The molecule has 1 spiro atoms. The van der Waals surface area contributed by atoms with Crippen LogP contribution in [0.15, 0.2) is 24.3 Å². The topological polar surface area (TPSA) is 38.7 Å². The molecule has 21 heavy (non-hydrogen) atoms. The number of ether oxygens (including phenoxy) is 2. The Morgan fingerprint density at radius 1 is 1.24 bits per heavy atom. The maximum atomic E-state index is 11.2. The van der Waals surface area contributed by atoms with Gasteiger partial charge in [0.15, 0.2) is 0 Å². The van der Waals surface area contributed by atoms with Crippen LogP contribution in [0.5, 0.6) is 0 Å². The summed E-state index contributed by atoms with van der Waals surface area (Å²) in [7, 11) is 0. The molecule has 1 aromatic rings. The number of hydrogen-bond acceptors (Lipinski definition) is 3. The van der Waals surface area contributed by atoms with Crippen molar-refractivity contribution in [1.82, 2.24) is 0 Å². The molecule has 2 heterocycles. The van der Waals surface area contributed by atoms with Crippen molar-refractivity contribution in [2.24, 2.45) is 5.92 Å². The van der Waals surface area contributed by atoms with E-state index >= 15 is 0 Å². The standard InChI is InChI=1S/C18H26O3/c1-14-4-3-5-15(12-14)17(2,19)16-6-9-21-18(13-16)7-10-20-11-8-18/h3-5,12,16,19H,6-11,13H2,1-2H3. The predicted octanol–water partition coefficient (Wildman–Crippen LogP) is 3.18. The molecule has 1 aromatic carbocycles. The van der Waals surface area contributed by atoms with Crippen LogP contribution in [0.2, 0.25) is 0 Å². The van der Waals surface area contributed by atoms with E-state index in [-0.39, 0.29) is 11.5 Å². The summed E-state index contributed by atoms with van der Waals surface area (Å²) < 4.78 is 11.6. The summed E-state index contributed by atoms with van der Waals surface area (Å²) in [5.74, 6) is 0.242. The second-order valence-electron chi connectivity index (χ2n) is 6.85. The molecule has 2 saturated heterocycles. The molecular weight excluding hydrogens is 264 g/mol. The number of aliphatic hydroxyl groups is 1. The van der Waals surface area contributed by atoms with Gasteiger partial charge in [-0.15, -0.1) is 0 Å². The van der Waals surface area contributed by atoms with Gasteiger partial charge in [0.05, 0.1) is 11.2 Å². The summed E-state index contributed by atoms with van der Waals surface area (Å²) >= 11 is 0. The maximum Gasteiger partial charge on any atom is 0.0898 e. The molecular formula is C18H26O3. The lowest BCUT2D eigenvalue weighted by Gasteiger charge is -2.47. The summed E-state index contributed by atoms with van der Waals surface area (Å²) in [5.41, 5.74) is 1.35. The first kappa shape index (κ1) is 15.0. The van der Waals surface area contributed by atoms with E-state index in [0.29, 0.717) is 0 Å². The van der Waals surface area contributed by atoms with Crippen molar-refractivity contribution in [2.45, 2.75) is 50.7 Å². The molecule has 2 aliphatic rings. The average molecular weight is 290 g/mol. The summed E-state index contributed by atoms with van der Waals surface area (Å²) in [6.07, 6.45) is 3.75. The molecule has 2 fully saturated rings. The van der Waals surface area contributed by atoms with E-state index < -0.39 is 5.60 Å². The molecule has 0 aliphatic carbocycles. The first-order valence-electron chi connectivity index (χ1n) is 8.03. The SMILES string of the molecule is Cc1cccc(C(C)(O)C2CCOC3(CCOCC3)C2)c1. The van der Waals surface area contributed by atoms with Crippen molar-refractivity contribution in [3.8, 4) is 0 Å². The van der Waals surface area contributed by atoms with Gasteiger partial charge in [-0.3, -0.25) is 0 Å². The lowest BCUT2D eigenvalue weighted by molar-refractivity contribution is -0.174. The summed E-state index contributed by atoms with van der Waals surface area (Å²) in [5, 5.41) is 11.2. The van der Waals surface area contributed by atoms with Crippen LogP contribution in [-0.2, 0) is 15.1 Å². The van der Waals surface area contributed by atoms with Crippen molar-refractivity contribution >= 4 is 0 Å². The van der Waals surface area contributed by atoms with Crippen LogP contribution in [0.25, 0.3) is 0 Å². The number of benzene rings is 1. The summed E-state index contributed by atoms with van der Waals surface area (Å²) in [6, 6.07) is 8.25. The molecule has 3 rings (SSSR count). The van der Waals surface area contributed by atoms with Crippen LogP contribution in [0.3, 0.4) is 0 Å². The first-order valence-corrected chi connectivity index (χ1v) is 8.03. The van der Waals surface area contributed by atoms with Gasteiger partial charge < -0.3 is 14.6 Å². The second kappa shape index (κ2) is 5.71. The molecule has 0 amide bonds. The third-order valence-corrected chi connectivity index (χ3v) is 5.29. The summed E-state index contributed by atoms with van der Waals surface area (Å²) in [4.78, 5) is 0. The van der Waals surface area contributed by atoms with Crippen LogP contribution in [0.1, 0.15) is 43.7 Å². The fourth-order valence-corrected chi connectivity index (χ4v) is 3.79. The molecule has 0 saturated carbocycles. The number of hydrogen-bond donors (Lipinski definition) is 1. The number of rotatable bonds is 2. The highest BCUT2D eigenvalue weighted by molar-refractivity contribution is 5.28. The third-order valence-electron chi connectivity index (χ3n) is 5.29. The van der Waals surface area contributed by atoms with Gasteiger partial charge in [0.2, 0.25) is 0 Å². The smallest absolute Gasteiger partial charge is 0.0898 e. The van der Waals surface area contributed by atoms with Gasteiger partial charge in [-0.1, -0.05) is 29.8 Å². The van der Waals surface area contributed by atoms with E-state index in [2.05, 4.69) is 19.1 Å². The minimum absolute atomic E-state index is 0.0744. The molecule has 0 aromatic heterocycles. The lowest BCUT2D eigenvalue weighted by Crippen LogP contribution is -2.48. The van der Waals surface area contributed by atoms with Crippen LogP contribution in [0, 0.1) is 12.8 Å². The Kier molecular flexibility index (Phi) is 4.08. The predicted molar refractivity (Wildman–Crippen MR) is 82.2 cm³/mol. The normalized spacial score (nSPS) is 28.2. The second-order valence-corrected chi connectivity index (χ2v) is 6.85. The molecule has 2 unspecified atom stereocenters. The molecule has 2 aliphatic heterocycles. The molecule has 1 N–H and O–H groups in total. The minimum Gasteiger partial charge on any atom is -0.385 e. The van der Waals surface area contributed by atoms with Crippen molar-refractivity contribution in [3.05, 3.63) is 35.4 Å². The van der Waals surface area contributed by atoms with Gasteiger partial charge >= 0.3 is 0 Å². The van der Waals surface area contributed by atoms with Gasteiger partial charge in [-0.25, -0.2) is 0 Å². The number of aryl methyl sites for hydroxylation is 1. The van der Waals surface area contributed by atoms with Crippen molar-refractivity contribution < 1.29 is 14.6 Å². The lowest BCUT2D eigenvalue weighted by atomic mass is 9.71. The highest BCUT2D eigenvalue weighted by Crippen LogP contribution is 2.44. The zero-order valence-corrected chi connectivity index (χ0v) is 13.1. The quantitative estimate of drug-likeness (QED) is 0.909. The van der Waals surface area contributed by atoms with Gasteiger partial charge in [-0.2, -0.15) is 0 Å². The van der Waals surface area contributed by atoms with Crippen molar-refractivity contribution in [1.29, 1.82) is 0 Å². The van der Waals surface area contributed by atoms with E-state index in [4.69, 9.17) is 9.47 Å². The molecule has 0 bridgehead atoms. The van der Waals surface area contributed by atoms with E-state index in [1.165, 1.54) is 5.56 Å². The Bertz CT molecular complexity index is 483. The monoisotopic (exact) mass is 290 g/mol. The Balaban J connectivity index is 1.81. The first-order chi connectivity index (χ1) is 10.0. The Morgan fingerprint density at radius 3 is 2.71 bits per heavy atom. The van der Waals surface area contributed by atoms with Crippen molar-refractivity contribution in [2.75, 3.05) is 19.8 Å². The Morgan fingerprint density at radius 2 is 2.00 bits per heavy atom. The van der Waals surface area contributed by atoms with E-state index in [1.807, 2.05) is 19.1 Å². The molecule has 3 nitrogen and oxygen atoms in total. The zero-order chi connectivity index (χ0) is 14.9.